The maximum Gasteiger partial charge on any atom is 0.282 e. The molecule has 0 aromatic heterocycles. The normalized spacial score (nSPS) is 20.7. The van der Waals surface area contributed by atoms with E-state index in [2.05, 4.69) is 68.6 Å². The smallest absolute Gasteiger partial charge is 0.282 e. The Kier molecular flexibility index (Phi) is 7.62. The Hall–Kier alpha value is -2.43. The molecule has 154 valence electrons. The molecular formula is C25H35N3O+2. The first-order chi connectivity index (χ1) is 14.0. The van der Waals surface area contributed by atoms with Crippen molar-refractivity contribution in [1.82, 2.24) is 0 Å². The van der Waals surface area contributed by atoms with Crippen LogP contribution in [0.25, 0.3) is 6.08 Å². The van der Waals surface area contributed by atoms with Gasteiger partial charge in [0.2, 0.25) is 0 Å². The Labute approximate surface area is 175 Å². The van der Waals surface area contributed by atoms with Crippen LogP contribution in [-0.2, 0) is 4.79 Å². The van der Waals surface area contributed by atoms with Crippen molar-refractivity contribution in [3.05, 3.63) is 71.8 Å². The maximum absolute atomic E-state index is 12.8. The number of piperazine rings is 1. The second-order valence-corrected chi connectivity index (χ2v) is 8.38. The van der Waals surface area contributed by atoms with E-state index >= 15 is 0 Å². The van der Waals surface area contributed by atoms with Gasteiger partial charge in [0.15, 0.2) is 6.04 Å². The van der Waals surface area contributed by atoms with E-state index in [0.29, 0.717) is 5.92 Å². The van der Waals surface area contributed by atoms with Gasteiger partial charge >= 0.3 is 0 Å². The molecular weight excluding hydrogens is 358 g/mol. The monoisotopic (exact) mass is 393 g/mol. The van der Waals surface area contributed by atoms with E-state index in [1.807, 2.05) is 24.3 Å². The van der Waals surface area contributed by atoms with E-state index in [1.165, 1.54) is 16.0 Å². The van der Waals surface area contributed by atoms with Crippen molar-refractivity contribution in [1.29, 1.82) is 0 Å². The van der Waals surface area contributed by atoms with Gasteiger partial charge in [0.05, 0.1) is 6.54 Å². The minimum absolute atomic E-state index is 0.0309. The quantitative estimate of drug-likeness (QED) is 0.657. The summed E-state index contributed by atoms with van der Waals surface area (Å²) in [5.41, 5.74) is 3.40. The van der Waals surface area contributed by atoms with Crippen molar-refractivity contribution in [2.24, 2.45) is 0 Å². The van der Waals surface area contributed by atoms with Crippen molar-refractivity contribution in [3.8, 4) is 0 Å². The molecule has 4 heteroatoms. The van der Waals surface area contributed by atoms with Gasteiger partial charge < -0.3 is 15.1 Å². The van der Waals surface area contributed by atoms with Crippen molar-refractivity contribution >= 4 is 17.7 Å². The van der Waals surface area contributed by atoms with Crippen LogP contribution in [0.3, 0.4) is 0 Å². The number of rotatable bonds is 7. The zero-order chi connectivity index (χ0) is 20.6. The zero-order valence-electron chi connectivity index (χ0n) is 17.9. The van der Waals surface area contributed by atoms with Crippen LogP contribution in [0.15, 0.2) is 60.7 Å². The number of hydrogen-bond donors (Lipinski definition) is 3. The Morgan fingerprint density at radius 3 is 2.31 bits per heavy atom. The van der Waals surface area contributed by atoms with Gasteiger partial charge in [-0.05, 0) is 36.1 Å². The van der Waals surface area contributed by atoms with Crippen LogP contribution in [0.1, 0.15) is 37.8 Å². The van der Waals surface area contributed by atoms with Crippen molar-refractivity contribution < 1.29 is 14.6 Å². The van der Waals surface area contributed by atoms with Crippen molar-refractivity contribution in [2.75, 3.05) is 38.0 Å². The van der Waals surface area contributed by atoms with Crippen LogP contribution in [-0.4, -0.2) is 44.7 Å². The standard InChI is InChI=1S/C25H33N3O/c1-20(2)23-13-7-8-14-24(23)26-25(29)21(3)28-18-16-27(17-19-28)15-9-12-22-10-5-4-6-11-22/h4-14,20-21H,15-19H2,1-3H3,(H,26,29)/p+2/b12-9+/t21-/m0/s1. The van der Waals surface area contributed by atoms with Gasteiger partial charge in [-0.15, -0.1) is 0 Å². The molecule has 4 nitrogen and oxygen atoms in total. The summed E-state index contributed by atoms with van der Waals surface area (Å²) < 4.78 is 0. The summed E-state index contributed by atoms with van der Waals surface area (Å²) >= 11 is 0. The lowest BCUT2D eigenvalue weighted by molar-refractivity contribution is -1.02. The first-order valence-corrected chi connectivity index (χ1v) is 10.8. The molecule has 3 rings (SSSR count). The van der Waals surface area contributed by atoms with E-state index in [-0.39, 0.29) is 11.9 Å². The number of para-hydroxylation sites is 1. The third-order valence-electron chi connectivity index (χ3n) is 5.96. The molecule has 1 atom stereocenters. The lowest BCUT2D eigenvalue weighted by Crippen LogP contribution is -3.29. The number of quaternary nitrogens is 2. The Morgan fingerprint density at radius 1 is 0.966 bits per heavy atom. The Morgan fingerprint density at radius 2 is 1.62 bits per heavy atom. The van der Waals surface area contributed by atoms with Crippen LogP contribution in [0.2, 0.25) is 0 Å². The predicted molar refractivity (Wildman–Crippen MR) is 120 cm³/mol. The molecule has 1 aliphatic rings. The Balaban J connectivity index is 1.47. The first kappa shape index (κ1) is 21.3. The molecule has 0 bridgehead atoms. The van der Waals surface area contributed by atoms with Crippen LogP contribution >= 0.6 is 0 Å². The number of hydrogen-bond acceptors (Lipinski definition) is 1. The molecule has 0 spiro atoms. The fraction of sp³-hybridized carbons (Fsp3) is 0.400. The number of nitrogens with one attached hydrogen (secondary N) is 3. The summed E-state index contributed by atoms with van der Waals surface area (Å²) in [5, 5.41) is 3.17. The molecule has 2 aromatic carbocycles. The van der Waals surface area contributed by atoms with Gasteiger partial charge in [-0.3, -0.25) is 4.79 Å². The summed E-state index contributed by atoms with van der Waals surface area (Å²) in [5.74, 6) is 0.519. The molecule has 3 N–H and O–H groups in total. The molecule has 0 radical (unpaired) electrons. The molecule has 29 heavy (non-hydrogen) atoms. The SMILES string of the molecule is CC(C)c1ccccc1NC(=O)[C@H](C)[NH+]1CC[NH+](C/C=C/c2ccccc2)CC1. The number of carbonyl (C=O) groups excluding carboxylic acids is 1. The summed E-state index contributed by atoms with van der Waals surface area (Å²) in [6, 6.07) is 18.6. The number of carbonyl (C=O) groups is 1. The van der Waals surface area contributed by atoms with Crippen LogP contribution in [0, 0.1) is 0 Å². The molecule has 1 saturated heterocycles. The summed E-state index contributed by atoms with van der Waals surface area (Å²) in [6.07, 6.45) is 4.48. The largest absolute Gasteiger partial charge is 0.322 e. The van der Waals surface area contributed by atoms with Gasteiger partial charge in [-0.1, -0.05) is 68.5 Å². The van der Waals surface area contributed by atoms with Crippen molar-refractivity contribution in [2.45, 2.75) is 32.7 Å². The fourth-order valence-corrected chi connectivity index (χ4v) is 4.03. The molecule has 1 fully saturated rings. The highest BCUT2D eigenvalue weighted by molar-refractivity contribution is 5.94. The molecule has 1 aliphatic heterocycles. The van der Waals surface area contributed by atoms with E-state index in [9.17, 15) is 4.79 Å². The van der Waals surface area contributed by atoms with Gasteiger partial charge in [0.1, 0.15) is 26.2 Å². The van der Waals surface area contributed by atoms with Crippen LogP contribution < -0.4 is 15.1 Å². The predicted octanol–water partition coefficient (Wildman–Crippen LogP) is 1.63. The lowest BCUT2D eigenvalue weighted by atomic mass is 10.0. The van der Waals surface area contributed by atoms with Crippen LogP contribution in [0.5, 0.6) is 0 Å². The van der Waals surface area contributed by atoms with Gasteiger partial charge in [0.25, 0.3) is 5.91 Å². The zero-order valence-corrected chi connectivity index (χ0v) is 17.9. The van der Waals surface area contributed by atoms with Crippen LogP contribution in [0.4, 0.5) is 5.69 Å². The van der Waals surface area contributed by atoms with E-state index in [1.54, 1.807) is 4.90 Å². The molecule has 1 amide bonds. The Bertz CT molecular complexity index is 808. The molecule has 0 aliphatic carbocycles. The van der Waals surface area contributed by atoms with Gasteiger partial charge in [-0.2, -0.15) is 0 Å². The maximum atomic E-state index is 12.8. The molecule has 0 unspecified atom stereocenters. The lowest BCUT2D eigenvalue weighted by Gasteiger charge is -2.32. The third kappa shape index (κ3) is 6.02. The highest BCUT2D eigenvalue weighted by atomic mass is 16.2. The number of benzene rings is 2. The second-order valence-electron chi connectivity index (χ2n) is 8.38. The summed E-state index contributed by atoms with van der Waals surface area (Å²) in [4.78, 5) is 15.8. The third-order valence-corrected chi connectivity index (χ3v) is 5.96. The minimum atomic E-state index is -0.0309. The summed E-state index contributed by atoms with van der Waals surface area (Å²) in [7, 11) is 0. The van der Waals surface area contributed by atoms with Crippen molar-refractivity contribution in [3.63, 3.8) is 0 Å². The molecule has 0 saturated carbocycles. The average Bonchev–Trinajstić information content (AvgIpc) is 2.74. The average molecular weight is 394 g/mol. The van der Waals surface area contributed by atoms with E-state index in [4.69, 9.17) is 0 Å². The summed E-state index contributed by atoms with van der Waals surface area (Å²) in [6.45, 7) is 11.7. The highest BCUT2D eigenvalue weighted by Crippen LogP contribution is 2.23. The number of amides is 1. The van der Waals surface area contributed by atoms with Gasteiger partial charge in [-0.25, -0.2) is 0 Å². The first-order valence-electron chi connectivity index (χ1n) is 10.8. The fourth-order valence-electron chi connectivity index (χ4n) is 4.03. The topological polar surface area (TPSA) is 38.0 Å². The van der Waals surface area contributed by atoms with Gasteiger partial charge in [0, 0.05) is 5.69 Å². The minimum Gasteiger partial charge on any atom is -0.322 e. The molecule has 1 heterocycles. The molecule has 2 aromatic rings. The van der Waals surface area contributed by atoms with E-state index < -0.39 is 0 Å². The van der Waals surface area contributed by atoms with E-state index in [0.717, 1.165) is 38.4 Å². The highest BCUT2D eigenvalue weighted by Gasteiger charge is 2.30. The second kappa shape index (κ2) is 10.4. The number of anilines is 1.